The average molecular weight is 323 g/mol. The molecule has 0 fully saturated rings. The highest BCUT2D eigenvalue weighted by atomic mass is 79.9. The van der Waals surface area contributed by atoms with Gasteiger partial charge in [-0.1, -0.05) is 12.1 Å². The van der Waals surface area contributed by atoms with Gasteiger partial charge in [-0.3, -0.25) is 0 Å². The van der Waals surface area contributed by atoms with Crippen LogP contribution in [-0.2, 0) is 6.42 Å². The molecular weight excluding hydrogens is 308 g/mol. The zero-order valence-electron chi connectivity index (χ0n) is 10.8. The minimum absolute atomic E-state index is 0.538. The van der Waals surface area contributed by atoms with Gasteiger partial charge in [-0.2, -0.15) is 0 Å². The summed E-state index contributed by atoms with van der Waals surface area (Å²) >= 11 is 3.49. The molecule has 100 valence electrons. The number of nitrogens with two attached hydrogens (primary N) is 1. The van der Waals surface area contributed by atoms with Crippen LogP contribution in [0.3, 0.4) is 0 Å². The summed E-state index contributed by atoms with van der Waals surface area (Å²) < 4.78 is 11.5. The summed E-state index contributed by atoms with van der Waals surface area (Å²) in [6, 6.07) is 7.69. The fourth-order valence-corrected chi connectivity index (χ4v) is 2.61. The number of methoxy groups -OCH3 is 2. The molecule has 0 aliphatic rings. The molecule has 0 aliphatic heterocycles. The first-order valence-electron chi connectivity index (χ1n) is 5.76. The number of rotatable bonds is 4. The first-order valence-corrected chi connectivity index (χ1v) is 6.55. The molecule has 0 saturated carbocycles. The van der Waals surface area contributed by atoms with Crippen LogP contribution < -0.4 is 15.2 Å². The van der Waals surface area contributed by atoms with Gasteiger partial charge in [0.1, 0.15) is 21.8 Å². The number of hydrogen-bond acceptors (Lipinski definition) is 4. The molecule has 0 aliphatic carbocycles. The zero-order chi connectivity index (χ0) is 13.8. The van der Waals surface area contributed by atoms with Gasteiger partial charge < -0.3 is 15.2 Å². The minimum Gasteiger partial charge on any atom is -0.495 e. The van der Waals surface area contributed by atoms with Crippen molar-refractivity contribution < 1.29 is 9.47 Å². The average Bonchev–Trinajstić information content (AvgIpc) is 2.42. The van der Waals surface area contributed by atoms with Crippen molar-refractivity contribution >= 4 is 21.7 Å². The van der Waals surface area contributed by atoms with Crippen molar-refractivity contribution in [2.45, 2.75) is 6.42 Å². The van der Waals surface area contributed by atoms with E-state index in [9.17, 15) is 0 Å². The second-order valence-electron chi connectivity index (χ2n) is 4.00. The van der Waals surface area contributed by atoms with E-state index >= 15 is 0 Å². The van der Waals surface area contributed by atoms with Crippen LogP contribution in [-0.4, -0.2) is 19.2 Å². The number of anilines is 1. The van der Waals surface area contributed by atoms with Gasteiger partial charge in [-0.15, -0.1) is 0 Å². The number of hydrogen-bond donors (Lipinski definition) is 1. The second-order valence-corrected chi connectivity index (χ2v) is 4.79. The summed E-state index contributed by atoms with van der Waals surface area (Å²) in [6.45, 7) is 0. The van der Waals surface area contributed by atoms with Crippen LogP contribution in [0.5, 0.6) is 11.5 Å². The fourth-order valence-electron chi connectivity index (χ4n) is 1.90. The molecule has 19 heavy (non-hydrogen) atoms. The predicted molar refractivity (Wildman–Crippen MR) is 78.7 cm³/mol. The lowest BCUT2D eigenvalue weighted by Gasteiger charge is -2.14. The Labute approximate surface area is 120 Å². The van der Waals surface area contributed by atoms with E-state index in [0.717, 1.165) is 27.1 Å². The largest absolute Gasteiger partial charge is 0.495 e. The van der Waals surface area contributed by atoms with Crippen molar-refractivity contribution in [3.05, 3.63) is 46.1 Å². The molecule has 0 amide bonds. The van der Waals surface area contributed by atoms with Crippen molar-refractivity contribution in [2.75, 3.05) is 20.0 Å². The van der Waals surface area contributed by atoms with Crippen LogP contribution in [0.25, 0.3) is 0 Å². The van der Waals surface area contributed by atoms with Crippen molar-refractivity contribution in [1.82, 2.24) is 4.98 Å². The Bertz CT molecular complexity index is 588. The summed E-state index contributed by atoms with van der Waals surface area (Å²) in [5.74, 6) is 2.03. The molecule has 0 saturated heterocycles. The van der Waals surface area contributed by atoms with E-state index in [1.807, 2.05) is 24.3 Å². The van der Waals surface area contributed by atoms with Crippen LogP contribution >= 0.6 is 15.9 Å². The predicted octanol–water partition coefficient (Wildman–Crippen LogP) is 3.03. The maximum absolute atomic E-state index is 5.87. The highest BCUT2D eigenvalue weighted by Gasteiger charge is 2.13. The third-order valence-corrected chi connectivity index (χ3v) is 3.63. The third kappa shape index (κ3) is 2.81. The highest BCUT2D eigenvalue weighted by molar-refractivity contribution is 9.10. The first-order chi connectivity index (χ1) is 9.17. The Hall–Kier alpha value is -1.75. The van der Waals surface area contributed by atoms with Crippen LogP contribution in [0.2, 0.25) is 0 Å². The topological polar surface area (TPSA) is 57.4 Å². The molecule has 0 radical (unpaired) electrons. The van der Waals surface area contributed by atoms with Crippen LogP contribution in [0, 0.1) is 0 Å². The lowest BCUT2D eigenvalue weighted by molar-refractivity contribution is 0.387. The molecule has 0 unspecified atom stereocenters. The zero-order valence-corrected chi connectivity index (χ0v) is 12.4. The highest BCUT2D eigenvalue weighted by Crippen LogP contribution is 2.38. The molecule has 4 nitrogen and oxygen atoms in total. The first kappa shape index (κ1) is 13.7. The lowest BCUT2D eigenvalue weighted by Crippen LogP contribution is -2.01. The summed E-state index contributed by atoms with van der Waals surface area (Å²) in [5, 5.41) is 0. The quantitative estimate of drug-likeness (QED) is 0.940. The molecule has 1 aromatic heterocycles. The molecule has 5 heteroatoms. The summed E-state index contributed by atoms with van der Waals surface area (Å²) in [4.78, 5) is 4.09. The molecule has 1 aromatic carbocycles. The van der Waals surface area contributed by atoms with Gasteiger partial charge in [-0.25, -0.2) is 4.98 Å². The van der Waals surface area contributed by atoms with E-state index < -0.39 is 0 Å². The van der Waals surface area contributed by atoms with Crippen LogP contribution in [0.1, 0.15) is 11.1 Å². The third-order valence-electron chi connectivity index (χ3n) is 2.87. The van der Waals surface area contributed by atoms with E-state index in [4.69, 9.17) is 15.2 Å². The monoisotopic (exact) mass is 322 g/mol. The Kier molecular flexibility index (Phi) is 4.27. The number of aromatic nitrogens is 1. The summed E-state index contributed by atoms with van der Waals surface area (Å²) in [7, 11) is 3.26. The van der Waals surface area contributed by atoms with Crippen LogP contribution in [0.15, 0.2) is 34.9 Å². The van der Waals surface area contributed by atoms with Gasteiger partial charge in [0.2, 0.25) is 0 Å². The van der Waals surface area contributed by atoms with Crippen molar-refractivity contribution in [3.8, 4) is 11.5 Å². The lowest BCUT2D eigenvalue weighted by atomic mass is 10.0. The number of pyridine rings is 1. The normalized spacial score (nSPS) is 10.3. The molecule has 1 heterocycles. The maximum Gasteiger partial charge on any atom is 0.140 e. The Morgan fingerprint density at radius 2 is 1.95 bits per heavy atom. The second kappa shape index (κ2) is 5.93. The number of halogens is 1. The van der Waals surface area contributed by atoms with Crippen molar-refractivity contribution in [2.24, 2.45) is 0 Å². The van der Waals surface area contributed by atoms with Gasteiger partial charge in [0.15, 0.2) is 0 Å². The standard InChI is InChI=1S/C14H15BrN2O2/c1-18-11-6-5-9(13(19-2)12(11)15)8-10-4-3-7-17-14(10)16/h3-7H,8H2,1-2H3,(H2,16,17). The molecular formula is C14H15BrN2O2. The Morgan fingerprint density at radius 3 is 2.58 bits per heavy atom. The van der Waals surface area contributed by atoms with Crippen molar-refractivity contribution in [3.63, 3.8) is 0 Å². The van der Waals surface area contributed by atoms with Gasteiger partial charge in [-0.05, 0) is 33.6 Å². The van der Waals surface area contributed by atoms with Gasteiger partial charge in [0, 0.05) is 18.2 Å². The Morgan fingerprint density at radius 1 is 1.16 bits per heavy atom. The van der Waals surface area contributed by atoms with Gasteiger partial charge in [0.25, 0.3) is 0 Å². The number of nitrogen functional groups attached to an aromatic ring is 1. The van der Waals surface area contributed by atoms with E-state index in [1.54, 1.807) is 20.4 Å². The van der Waals surface area contributed by atoms with E-state index in [-0.39, 0.29) is 0 Å². The number of benzene rings is 1. The van der Waals surface area contributed by atoms with Crippen molar-refractivity contribution in [1.29, 1.82) is 0 Å². The molecule has 0 bridgehead atoms. The van der Waals surface area contributed by atoms with E-state index in [1.165, 1.54) is 0 Å². The summed E-state index contributed by atoms with van der Waals surface area (Å²) in [6.07, 6.45) is 2.34. The van der Waals surface area contributed by atoms with E-state index in [2.05, 4.69) is 20.9 Å². The molecule has 0 atom stereocenters. The summed E-state index contributed by atoms with van der Waals surface area (Å²) in [5.41, 5.74) is 7.86. The molecule has 0 spiro atoms. The van der Waals surface area contributed by atoms with Crippen LogP contribution in [0.4, 0.5) is 5.82 Å². The van der Waals surface area contributed by atoms with Gasteiger partial charge >= 0.3 is 0 Å². The molecule has 2 rings (SSSR count). The van der Waals surface area contributed by atoms with E-state index in [0.29, 0.717) is 12.2 Å². The Balaban J connectivity index is 2.41. The molecule has 2 N–H and O–H groups in total. The SMILES string of the molecule is COc1ccc(Cc2cccnc2N)c(OC)c1Br. The smallest absolute Gasteiger partial charge is 0.140 e. The molecule has 2 aromatic rings. The maximum atomic E-state index is 5.87. The van der Waals surface area contributed by atoms with Gasteiger partial charge in [0.05, 0.1) is 14.2 Å². The minimum atomic E-state index is 0.538. The number of ether oxygens (including phenoxy) is 2. The number of nitrogens with zero attached hydrogens (tertiary/aromatic N) is 1. The fraction of sp³-hybridized carbons (Fsp3) is 0.214.